The Morgan fingerprint density at radius 1 is 1.53 bits per heavy atom. The first-order valence-electron chi connectivity index (χ1n) is 6.86. The third-order valence-corrected chi connectivity index (χ3v) is 3.52. The van der Waals surface area contributed by atoms with E-state index in [2.05, 4.69) is 17.1 Å². The van der Waals surface area contributed by atoms with Gasteiger partial charge in [0.15, 0.2) is 0 Å². The SMILES string of the molecule is CCCNCC1CCCN(C(CC)C(=O)O)C1. The average molecular weight is 242 g/mol. The highest BCUT2D eigenvalue weighted by atomic mass is 16.4. The standard InChI is InChI=1S/C13H26N2O2/c1-3-7-14-9-11-6-5-8-15(10-11)12(4-2)13(16)17/h11-12,14H,3-10H2,1-2H3,(H,16,17). The number of rotatable bonds is 7. The smallest absolute Gasteiger partial charge is 0.320 e. The van der Waals surface area contributed by atoms with Crippen LogP contribution in [0.4, 0.5) is 0 Å². The van der Waals surface area contributed by atoms with Crippen LogP contribution in [0.1, 0.15) is 39.5 Å². The molecule has 0 saturated carbocycles. The number of likely N-dealkylation sites (tertiary alicyclic amines) is 1. The summed E-state index contributed by atoms with van der Waals surface area (Å²) in [5.74, 6) is -0.0571. The second kappa shape index (κ2) is 7.67. The fraction of sp³-hybridized carbons (Fsp3) is 0.923. The van der Waals surface area contributed by atoms with Crippen LogP contribution < -0.4 is 5.32 Å². The zero-order valence-electron chi connectivity index (χ0n) is 11.1. The van der Waals surface area contributed by atoms with Crippen molar-refractivity contribution in [2.24, 2.45) is 5.92 Å². The second-order valence-electron chi connectivity index (χ2n) is 4.97. The number of carbonyl (C=O) groups is 1. The number of nitrogens with zero attached hydrogens (tertiary/aromatic N) is 1. The molecule has 0 bridgehead atoms. The summed E-state index contributed by atoms with van der Waals surface area (Å²) >= 11 is 0. The summed E-state index contributed by atoms with van der Waals surface area (Å²) in [4.78, 5) is 13.3. The molecule has 17 heavy (non-hydrogen) atoms. The van der Waals surface area contributed by atoms with E-state index in [4.69, 9.17) is 5.11 Å². The molecule has 100 valence electrons. The number of carboxylic acid groups (broad SMARTS) is 1. The number of hydrogen-bond donors (Lipinski definition) is 2. The molecule has 4 nitrogen and oxygen atoms in total. The van der Waals surface area contributed by atoms with Gasteiger partial charge in [-0.15, -0.1) is 0 Å². The van der Waals surface area contributed by atoms with E-state index in [-0.39, 0.29) is 6.04 Å². The molecule has 0 aromatic heterocycles. The molecule has 0 radical (unpaired) electrons. The highest BCUT2D eigenvalue weighted by Crippen LogP contribution is 2.19. The van der Waals surface area contributed by atoms with Crippen LogP contribution in [-0.4, -0.2) is 48.2 Å². The Balaban J connectivity index is 2.39. The van der Waals surface area contributed by atoms with Gasteiger partial charge in [-0.1, -0.05) is 13.8 Å². The lowest BCUT2D eigenvalue weighted by atomic mass is 9.96. The zero-order chi connectivity index (χ0) is 12.7. The molecule has 4 heteroatoms. The van der Waals surface area contributed by atoms with Crippen LogP contribution in [0.2, 0.25) is 0 Å². The lowest BCUT2D eigenvalue weighted by Crippen LogP contribution is -2.48. The van der Waals surface area contributed by atoms with Gasteiger partial charge >= 0.3 is 5.97 Å². The molecular formula is C13H26N2O2. The largest absolute Gasteiger partial charge is 0.480 e. The van der Waals surface area contributed by atoms with E-state index in [9.17, 15) is 4.79 Å². The van der Waals surface area contributed by atoms with Gasteiger partial charge in [0.2, 0.25) is 0 Å². The molecular weight excluding hydrogens is 216 g/mol. The minimum absolute atomic E-state index is 0.288. The van der Waals surface area contributed by atoms with Gasteiger partial charge in [-0.25, -0.2) is 0 Å². The number of carboxylic acids is 1. The summed E-state index contributed by atoms with van der Waals surface area (Å²) in [6.45, 7) is 8.08. The predicted octanol–water partition coefficient (Wildman–Crippen LogP) is 1.56. The highest BCUT2D eigenvalue weighted by molar-refractivity contribution is 5.73. The third kappa shape index (κ3) is 4.64. The molecule has 0 aromatic carbocycles. The quantitative estimate of drug-likeness (QED) is 0.665. The summed E-state index contributed by atoms with van der Waals surface area (Å²) in [6, 6.07) is -0.288. The van der Waals surface area contributed by atoms with Crippen molar-refractivity contribution in [1.82, 2.24) is 10.2 Å². The van der Waals surface area contributed by atoms with Gasteiger partial charge in [0.1, 0.15) is 6.04 Å². The van der Waals surface area contributed by atoms with Gasteiger partial charge in [-0.2, -0.15) is 0 Å². The Morgan fingerprint density at radius 3 is 2.88 bits per heavy atom. The van der Waals surface area contributed by atoms with Gasteiger partial charge in [0.25, 0.3) is 0 Å². The summed E-state index contributed by atoms with van der Waals surface area (Å²) < 4.78 is 0. The maximum atomic E-state index is 11.1. The van der Waals surface area contributed by atoms with Gasteiger partial charge < -0.3 is 10.4 Å². The topological polar surface area (TPSA) is 52.6 Å². The van der Waals surface area contributed by atoms with Crippen molar-refractivity contribution in [3.8, 4) is 0 Å². The monoisotopic (exact) mass is 242 g/mol. The van der Waals surface area contributed by atoms with Crippen LogP contribution in [0.5, 0.6) is 0 Å². The number of piperidine rings is 1. The molecule has 0 aliphatic carbocycles. The lowest BCUT2D eigenvalue weighted by Gasteiger charge is -2.36. The van der Waals surface area contributed by atoms with Crippen molar-refractivity contribution in [1.29, 1.82) is 0 Å². The molecule has 0 aromatic rings. The Morgan fingerprint density at radius 2 is 2.29 bits per heavy atom. The first-order valence-corrected chi connectivity index (χ1v) is 6.86. The summed E-state index contributed by atoms with van der Waals surface area (Å²) in [5, 5.41) is 12.6. The van der Waals surface area contributed by atoms with E-state index in [0.717, 1.165) is 39.0 Å². The van der Waals surface area contributed by atoms with Gasteiger partial charge in [-0.3, -0.25) is 9.69 Å². The van der Waals surface area contributed by atoms with Crippen LogP contribution in [-0.2, 0) is 4.79 Å². The number of nitrogens with one attached hydrogen (secondary N) is 1. The van der Waals surface area contributed by atoms with E-state index >= 15 is 0 Å². The fourth-order valence-corrected chi connectivity index (χ4v) is 2.62. The fourth-order valence-electron chi connectivity index (χ4n) is 2.62. The van der Waals surface area contributed by atoms with Crippen LogP contribution in [0.3, 0.4) is 0 Å². The van der Waals surface area contributed by atoms with E-state index in [1.54, 1.807) is 0 Å². The van der Waals surface area contributed by atoms with Crippen LogP contribution >= 0.6 is 0 Å². The van der Waals surface area contributed by atoms with Gasteiger partial charge in [0.05, 0.1) is 0 Å². The highest BCUT2D eigenvalue weighted by Gasteiger charge is 2.28. The van der Waals surface area contributed by atoms with E-state index in [0.29, 0.717) is 12.3 Å². The summed E-state index contributed by atoms with van der Waals surface area (Å²) in [7, 11) is 0. The van der Waals surface area contributed by atoms with E-state index < -0.39 is 5.97 Å². The molecule has 1 rings (SSSR count). The maximum absolute atomic E-state index is 11.1. The molecule has 2 atom stereocenters. The van der Waals surface area contributed by atoms with Crippen molar-refractivity contribution >= 4 is 5.97 Å². The predicted molar refractivity (Wildman–Crippen MR) is 69.2 cm³/mol. The Labute approximate surface area is 104 Å². The van der Waals surface area contributed by atoms with Gasteiger partial charge in [-0.05, 0) is 51.2 Å². The minimum Gasteiger partial charge on any atom is -0.480 e. The van der Waals surface area contributed by atoms with Crippen molar-refractivity contribution in [2.75, 3.05) is 26.2 Å². The van der Waals surface area contributed by atoms with E-state index in [1.165, 1.54) is 6.42 Å². The Hall–Kier alpha value is -0.610. The first-order chi connectivity index (χ1) is 8.19. The van der Waals surface area contributed by atoms with E-state index in [1.807, 2.05) is 6.92 Å². The molecule has 2 unspecified atom stereocenters. The molecule has 1 heterocycles. The van der Waals surface area contributed by atoms with Crippen molar-refractivity contribution in [3.63, 3.8) is 0 Å². The van der Waals surface area contributed by atoms with Gasteiger partial charge in [0, 0.05) is 6.54 Å². The maximum Gasteiger partial charge on any atom is 0.320 e. The second-order valence-corrected chi connectivity index (χ2v) is 4.97. The average Bonchev–Trinajstić information content (AvgIpc) is 2.30. The van der Waals surface area contributed by atoms with Crippen LogP contribution in [0, 0.1) is 5.92 Å². The van der Waals surface area contributed by atoms with Crippen LogP contribution in [0.25, 0.3) is 0 Å². The molecule has 0 amide bonds. The number of hydrogen-bond acceptors (Lipinski definition) is 3. The third-order valence-electron chi connectivity index (χ3n) is 3.52. The Kier molecular flexibility index (Phi) is 6.52. The lowest BCUT2D eigenvalue weighted by molar-refractivity contribution is -0.144. The summed E-state index contributed by atoms with van der Waals surface area (Å²) in [6.07, 6.45) is 4.21. The molecule has 1 aliphatic heterocycles. The molecule has 1 saturated heterocycles. The minimum atomic E-state index is -0.672. The summed E-state index contributed by atoms with van der Waals surface area (Å²) in [5.41, 5.74) is 0. The zero-order valence-corrected chi connectivity index (χ0v) is 11.1. The molecule has 1 aliphatic rings. The Bertz CT molecular complexity index is 233. The van der Waals surface area contributed by atoms with Crippen molar-refractivity contribution in [2.45, 2.75) is 45.6 Å². The van der Waals surface area contributed by atoms with Crippen molar-refractivity contribution in [3.05, 3.63) is 0 Å². The first kappa shape index (κ1) is 14.5. The molecule has 1 fully saturated rings. The number of aliphatic carboxylic acids is 1. The molecule has 2 N–H and O–H groups in total. The molecule has 0 spiro atoms. The normalized spacial score (nSPS) is 23.5. The van der Waals surface area contributed by atoms with Crippen molar-refractivity contribution < 1.29 is 9.90 Å². The van der Waals surface area contributed by atoms with Crippen LogP contribution in [0.15, 0.2) is 0 Å².